The zero-order chi connectivity index (χ0) is 15.7. The van der Waals surface area contributed by atoms with Crippen molar-refractivity contribution in [2.24, 2.45) is 5.41 Å². The Morgan fingerprint density at radius 2 is 1.86 bits per heavy atom. The van der Waals surface area contributed by atoms with Gasteiger partial charge in [0.1, 0.15) is 18.8 Å². The Balaban J connectivity index is 2.55. The number of rotatable bonds is 9. The summed E-state index contributed by atoms with van der Waals surface area (Å²) < 4.78 is 1.69. The van der Waals surface area contributed by atoms with Gasteiger partial charge < -0.3 is 5.11 Å². The first-order valence-corrected chi connectivity index (χ1v) is 8.20. The molecule has 0 fully saturated rings. The summed E-state index contributed by atoms with van der Waals surface area (Å²) >= 11 is 0. The Morgan fingerprint density at radius 1 is 1.19 bits per heavy atom. The maximum absolute atomic E-state index is 10.5. The van der Waals surface area contributed by atoms with Crippen LogP contribution in [0.4, 0.5) is 0 Å². The lowest BCUT2D eigenvalue weighted by Gasteiger charge is -2.28. The standard InChI is InChI=1S/C17H31N3O/c1-5-6-7-8-9-10-11-12-15(16(21)17(2,3)4)20-14-18-13-19-20/h12-14,16,21H,5-11H2,1-4H3. The van der Waals surface area contributed by atoms with E-state index in [9.17, 15) is 5.11 Å². The Morgan fingerprint density at radius 3 is 2.43 bits per heavy atom. The van der Waals surface area contributed by atoms with E-state index in [0.717, 1.165) is 12.1 Å². The van der Waals surface area contributed by atoms with Crippen LogP contribution in [0.1, 0.15) is 72.6 Å². The summed E-state index contributed by atoms with van der Waals surface area (Å²) in [5.74, 6) is 0. The van der Waals surface area contributed by atoms with Crippen LogP contribution in [0.25, 0.3) is 5.70 Å². The summed E-state index contributed by atoms with van der Waals surface area (Å²) in [5.41, 5.74) is 0.632. The highest BCUT2D eigenvalue weighted by molar-refractivity contribution is 5.49. The molecule has 1 aromatic rings. The van der Waals surface area contributed by atoms with E-state index in [4.69, 9.17) is 0 Å². The highest BCUT2D eigenvalue weighted by Crippen LogP contribution is 2.27. The third-order valence-corrected chi connectivity index (χ3v) is 3.69. The van der Waals surface area contributed by atoms with Crippen molar-refractivity contribution < 1.29 is 5.11 Å². The SMILES string of the molecule is CCCCCCCCC=C(C(O)C(C)(C)C)n1cncn1. The molecule has 120 valence electrons. The highest BCUT2D eigenvalue weighted by Gasteiger charge is 2.27. The van der Waals surface area contributed by atoms with Crippen LogP contribution in [0.3, 0.4) is 0 Å². The van der Waals surface area contributed by atoms with Crippen molar-refractivity contribution in [1.82, 2.24) is 14.8 Å². The van der Waals surface area contributed by atoms with Crippen molar-refractivity contribution in [2.45, 2.75) is 78.7 Å². The van der Waals surface area contributed by atoms with E-state index in [1.54, 1.807) is 11.0 Å². The predicted octanol–water partition coefficient (Wildman–Crippen LogP) is 4.28. The molecule has 0 aromatic carbocycles. The Labute approximate surface area is 129 Å². The minimum absolute atomic E-state index is 0.209. The van der Waals surface area contributed by atoms with Crippen LogP contribution in [0.2, 0.25) is 0 Å². The summed E-state index contributed by atoms with van der Waals surface area (Å²) in [4.78, 5) is 3.99. The fourth-order valence-electron chi connectivity index (χ4n) is 2.29. The summed E-state index contributed by atoms with van der Waals surface area (Å²) in [6.45, 7) is 8.34. The lowest BCUT2D eigenvalue weighted by Crippen LogP contribution is -2.29. The van der Waals surface area contributed by atoms with Crippen molar-refractivity contribution in [2.75, 3.05) is 0 Å². The van der Waals surface area contributed by atoms with Gasteiger partial charge in [-0.1, -0.05) is 65.9 Å². The van der Waals surface area contributed by atoms with Gasteiger partial charge in [0.05, 0.1) is 5.70 Å². The number of aliphatic hydroxyl groups is 1. The van der Waals surface area contributed by atoms with Crippen molar-refractivity contribution in [1.29, 1.82) is 0 Å². The lowest BCUT2D eigenvalue weighted by molar-refractivity contribution is 0.108. The van der Waals surface area contributed by atoms with E-state index in [1.807, 2.05) is 20.8 Å². The minimum Gasteiger partial charge on any atom is -0.386 e. The average molecular weight is 293 g/mol. The molecule has 1 unspecified atom stereocenters. The molecular weight excluding hydrogens is 262 g/mol. The molecule has 0 saturated heterocycles. The molecule has 0 bridgehead atoms. The van der Waals surface area contributed by atoms with E-state index in [1.165, 1.54) is 44.9 Å². The van der Waals surface area contributed by atoms with Gasteiger partial charge in [0.25, 0.3) is 0 Å². The Hall–Kier alpha value is -1.16. The summed E-state index contributed by atoms with van der Waals surface area (Å²) in [6, 6.07) is 0. The number of unbranched alkanes of at least 4 members (excludes halogenated alkanes) is 6. The number of aromatic nitrogens is 3. The van der Waals surface area contributed by atoms with Crippen LogP contribution in [-0.4, -0.2) is 26.0 Å². The van der Waals surface area contributed by atoms with Crippen LogP contribution in [-0.2, 0) is 0 Å². The molecule has 21 heavy (non-hydrogen) atoms. The van der Waals surface area contributed by atoms with Crippen molar-refractivity contribution in [3.63, 3.8) is 0 Å². The third kappa shape index (κ3) is 6.42. The molecule has 0 radical (unpaired) electrons. The second-order valence-corrected chi connectivity index (χ2v) is 6.79. The number of aliphatic hydroxyl groups excluding tert-OH is 1. The molecule has 1 N–H and O–H groups in total. The van der Waals surface area contributed by atoms with Gasteiger partial charge in [-0.25, -0.2) is 9.67 Å². The predicted molar refractivity (Wildman–Crippen MR) is 87.7 cm³/mol. The van der Waals surface area contributed by atoms with Crippen molar-refractivity contribution in [3.8, 4) is 0 Å². The molecule has 1 atom stereocenters. The molecule has 0 spiro atoms. The van der Waals surface area contributed by atoms with E-state index in [2.05, 4.69) is 23.1 Å². The van der Waals surface area contributed by atoms with E-state index in [0.29, 0.717) is 0 Å². The van der Waals surface area contributed by atoms with Crippen LogP contribution in [0.5, 0.6) is 0 Å². The summed E-state index contributed by atoms with van der Waals surface area (Å²) in [5, 5.41) is 14.7. The van der Waals surface area contributed by atoms with E-state index >= 15 is 0 Å². The lowest BCUT2D eigenvalue weighted by atomic mass is 9.86. The second kappa shape index (κ2) is 8.98. The van der Waals surface area contributed by atoms with Gasteiger partial charge in [0, 0.05) is 0 Å². The van der Waals surface area contributed by atoms with Gasteiger partial charge >= 0.3 is 0 Å². The summed E-state index contributed by atoms with van der Waals surface area (Å²) in [6.07, 6.45) is 13.4. The zero-order valence-corrected chi connectivity index (χ0v) is 14.0. The smallest absolute Gasteiger partial charge is 0.138 e. The maximum Gasteiger partial charge on any atom is 0.138 e. The third-order valence-electron chi connectivity index (χ3n) is 3.69. The number of nitrogens with zero attached hydrogens (tertiary/aromatic N) is 3. The largest absolute Gasteiger partial charge is 0.386 e. The normalized spacial score (nSPS) is 14.4. The van der Waals surface area contributed by atoms with Gasteiger partial charge in [-0.2, -0.15) is 5.10 Å². The molecule has 1 rings (SSSR count). The topological polar surface area (TPSA) is 50.9 Å². The van der Waals surface area contributed by atoms with Gasteiger partial charge in [0.15, 0.2) is 0 Å². The first-order valence-electron chi connectivity index (χ1n) is 8.20. The fourth-order valence-corrected chi connectivity index (χ4v) is 2.29. The van der Waals surface area contributed by atoms with E-state index < -0.39 is 6.10 Å². The van der Waals surface area contributed by atoms with Crippen LogP contribution < -0.4 is 0 Å². The quantitative estimate of drug-likeness (QED) is 0.691. The number of hydrogen-bond donors (Lipinski definition) is 1. The molecule has 0 amide bonds. The molecule has 4 nitrogen and oxygen atoms in total. The average Bonchev–Trinajstić information content (AvgIpc) is 2.94. The van der Waals surface area contributed by atoms with E-state index in [-0.39, 0.29) is 5.41 Å². The monoisotopic (exact) mass is 293 g/mol. The van der Waals surface area contributed by atoms with Gasteiger partial charge in [-0.05, 0) is 18.3 Å². The van der Waals surface area contributed by atoms with Gasteiger partial charge in [-0.3, -0.25) is 0 Å². The fraction of sp³-hybridized carbons (Fsp3) is 0.765. The Kier molecular flexibility index (Phi) is 7.65. The first kappa shape index (κ1) is 17.9. The van der Waals surface area contributed by atoms with Crippen LogP contribution >= 0.6 is 0 Å². The van der Waals surface area contributed by atoms with Crippen LogP contribution in [0.15, 0.2) is 18.7 Å². The highest BCUT2D eigenvalue weighted by atomic mass is 16.3. The minimum atomic E-state index is -0.542. The molecular formula is C17H31N3O. The summed E-state index contributed by atoms with van der Waals surface area (Å²) in [7, 11) is 0. The van der Waals surface area contributed by atoms with Crippen LogP contribution in [0, 0.1) is 5.41 Å². The maximum atomic E-state index is 10.5. The zero-order valence-electron chi connectivity index (χ0n) is 14.0. The van der Waals surface area contributed by atoms with Crippen molar-refractivity contribution in [3.05, 3.63) is 18.7 Å². The number of allylic oxidation sites excluding steroid dienone is 1. The molecule has 0 saturated carbocycles. The molecule has 0 aliphatic heterocycles. The molecule has 0 aliphatic rings. The molecule has 1 heterocycles. The van der Waals surface area contributed by atoms with Gasteiger partial charge in [0.2, 0.25) is 0 Å². The molecule has 0 aliphatic carbocycles. The van der Waals surface area contributed by atoms with Gasteiger partial charge in [-0.15, -0.1) is 0 Å². The molecule has 4 heteroatoms. The Bertz CT molecular complexity index is 404. The molecule has 1 aromatic heterocycles. The van der Waals surface area contributed by atoms with Crippen molar-refractivity contribution >= 4 is 5.70 Å². The second-order valence-electron chi connectivity index (χ2n) is 6.79. The number of hydrogen-bond acceptors (Lipinski definition) is 3. The first-order chi connectivity index (χ1) is 9.96.